The fourth-order valence-corrected chi connectivity index (χ4v) is 5.00. The molecule has 4 aromatic rings. The Morgan fingerprint density at radius 3 is 1.41 bits per heavy atom. The van der Waals surface area contributed by atoms with Gasteiger partial charge in [-0.1, -0.05) is 73.5 Å². The molecule has 0 aliphatic rings. The van der Waals surface area contributed by atoms with Crippen LogP contribution in [0.2, 0.25) is 0 Å². The predicted octanol–water partition coefficient (Wildman–Crippen LogP) is 7.28. The lowest BCUT2D eigenvalue weighted by Crippen LogP contribution is -2.24. The molecule has 0 radical (unpaired) electrons. The largest absolute Gasteiger partial charge is 0.375 e. The van der Waals surface area contributed by atoms with Crippen LogP contribution in [-0.2, 0) is 30.4 Å². The van der Waals surface area contributed by atoms with E-state index in [0.29, 0.717) is 0 Å². The number of benzene rings is 2. The summed E-state index contributed by atoms with van der Waals surface area (Å²) in [6.07, 6.45) is 21.2. The Balaban J connectivity index is 1.30. The van der Waals surface area contributed by atoms with E-state index in [4.69, 9.17) is 4.74 Å². The Morgan fingerprint density at radius 1 is 0.541 bits per heavy atom. The number of aromatic amines is 2. The Kier molecular flexibility index (Phi) is 11.5. The first kappa shape index (κ1) is 26.9. The molecule has 2 atom stereocenters. The molecule has 2 heterocycles. The van der Waals surface area contributed by atoms with Crippen molar-refractivity contribution >= 4 is 0 Å². The first-order chi connectivity index (χ1) is 18.3. The number of aryl methyl sites for hydroxylation is 4. The van der Waals surface area contributed by atoms with Gasteiger partial charge >= 0.3 is 0 Å². The SMILES string of the molecule is c1ccc(CCCCC(CCc2cnc[nH]2)OC(CCCCc2ccccc2)CCc2cnc[nH]2)cc1. The lowest BCUT2D eigenvalue weighted by atomic mass is 10.00. The van der Waals surface area contributed by atoms with E-state index >= 15 is 0 Å². The summed E-state index contributed by atoms with van der Waals surface area (Å²) in [5, 5.41) is 0. The van der Waals surface area contributed by atoms with Crippen LogP contribution >= 0.6 is 0 Å². The molecular weight excluding hydrogens is 456 g/mol. The molecule has 2 N–H and O–H groups in total. The van der Waals surface area contributed by atoms with Gasteiger partial charge in [0.25, 0.3) is 0 Å². The van der Waals surface area contributed by atoms with Crippen LogP contribution in [0.25, 0.3) is 0 Å². The average molecular weight is 499 g/mol. The summed E-state index contributed by atoms with van der Waals surface area (Å²) < 4.78 is 6.88. The molecule has 0 aliphatic carbocycles. The van der Waals surface area contributed by atoms with Crippen molar-refractivity contribution in [3.05, 3.63) is 108 Å². The zero-order chi connectivity index (χ0) is 25.4. The zero-order valence-corrected chi connectivity index (χ0v) is 22.0. The van der Waals surface area contributed by atoms with Crippen molar-refractivity contribution in [1.82, 2.24) is 19.9 Å². The molecule has 2 aromatic carbocycles. The molecule has 196 valence electrons. The van der Waals surface area contributed by atoms with Gasteiger partial charge in [-0.05, 0) is 75.3 Å². The van der Waals surface area contributed by atoms with E-state index in [9.17, 15) is 0 Å². The number of rotatable bonds is 18. The summed E-state index contributed by atoms with van der Waals surface area (Å²) in [6, 6.07) is 21.6. The number of hydrogen-bond acceptors (Lipinski definition) is 3. The van der Waals surface area contributed by atoms with Crippen molar-refractivity contribution in [2.45, 2.75) is 89.3 Å². The number of ether oxygens (including phenoxy) is 1. The molecule has 5 nitrogen and oxygen atoms in total. The molecular formula is C32H42N4O. The van der Waals surface area contributed by atoms with Crippen molar-refractivity contribution in [1.29, 1.82) is 0 Å². The quantitative estimate of drug-likeness (QED) is 0.142. The van der Waals surface area contributed by atoms with E-state index in [2.05, 4.69) is 80.6 Å². The summed E-state index contributed by atoms with van der Waals surface area (Å²) in [6.45, 7) is 0. The maximum Gasteiger partial charge on any atom is 0.0921 e. The second-order valence-electron chi connectivity index (χ2n) is 10.1. The van der Waals surface area contributed by atoms with Crippen LogP contribution in [-0.4, -0.2) is 32.1 Å². The molecule has 37 heavy (non-hydrogen) atoms. The summed E-state index contributed by atoms with van der Waals surface area (Å²) in [5.74, 6) is 0. The van der Waals surface area contributed by atoms with Gasteiger partial charge in [0.05, 0.1) is 24.9 Å². The van der Waals surface area contributed by atoms with Gasteiger partial charge in [-0.3, -0.25) is 0 Å². The highest BCUT2D eigenvalue weighted by Crippen LogP contribution is 2.21. The van der Waals surface area contributed by atoms with Crippen molar-refractivity contribution in [2.24, 2.45) is 0 Å². The van der Waals surface area contributed by atoms with E-state index in [1.54, 1.807) is 12.7 Å². The topological polar surface area (TPSA) is 66.6 Å². The van der Waals surface area contributed by atoms with Gasteiger partial charge in [-0.15, -0.1) is 0 Å². The second-order valence-corrected chi connectivity index (χ2v) is 10.1. The molecule has 0 fully saturated rings. The van der Waals surface area contributed by atoms with Crippen molar-refractivity contribution < 1.29 is 4.74 Å². The number of imidazole rings is 2. The number of hydrogen-bond donors (Lipinski definition) is 2. The van der Waals surface area contributed by atoms with Crippen LogP contribution in [0, 0.1) is 0 Å². The Hall–Kier alpha value is -3.18. The van der Waals surface area contributed by atoms with Crippen LogP contribution in [0.1, 0.15) is 73.9 Å². The highest BCUT2D eigenvalue weighted by Gasteiger charge is 2.18. The summed E-state index contributed by atoms with van der Waals surface area (Å²) in [7, 11) is 0. The monoisotopic (exact) mass is 498 g/mol. The molecule has 0 spiro atoms. The first-order valence-electron chi connectivity index (χ1n) is 14.0. The number of nitrogens with one attached hydrogen (secondary N) is 2. The maximum absolute atomic E-state index is 6.88. The van der Waals surface area contributed by atoms with Gasteiger partial charge in [0.1, 0.15) is 0 Å². The zero-order valence-electron chi connectivity index (χ0n) is 22.0. The number of nitrogens with zero attached hydrogens (tertiary/aromatic N) is 2. The van der Waals surface area contributed by atoms with Gasteiger partial charge in [0.15, 0.2) is 0 Å². The lowest BCUT2D eigenvalue weighted by Gasteiger charge is -2.25. The van der Waals surface area contributed by atoms with E-state index < -0.39 is 0 Å². The van der Waals surface area contributed by atoms with Crippen molar-refractivity contribution in [2.75, 3.05) is 0 Å². The highest BCUT2D eigenvalue weighted by atomic mass is 16.5. The van der Waals surface area contributed by atoms with Gasteiger partial charge in [0, 0.05) is 23.8 Å². The third-order valence-corrected chi connectivity index (χ3v) is 7.13. The molecule has 0 bridgehead atoms. The van der Waals surface area contributed by atoms with Crippen LogP contribution in [0.4, 0.5) is 0 Å². The van der Waals surface area contributed by atoms with Crippen LogP contribution in [0.3, 0.4) is 0 Å². The molecule has 0 amide bonds. The molecule has 0 saturated carbocycles. The van der Waals surface area contributed by atoms with E-state index in [1.165, 1.54) is 48.2 Å². The first-order valence-corrected chi connectivity index (χ1v) is 14.0. The summed E-state index contributed by atoms with van der Waals surface area (Å²) in [4.78, 5) is 14.9. The summed E-state index contributed by atoms with van der Waals surface area (Å²) >= 11 is 0. The van der Waals surface area contributed by atoms with Gasteiger partial charge in [0.2, 0.25) is 0 Å². The van der Waals surface area contributed by atoms with Gasteiger partial charge in [-0.25, -0.2) is 9.97 Å². The molecule has 0 saturated heterocycles. The third kappa shape index (κ3) is 10.4. The molecule has 2 aromatic heterocycles. The molecule has 5 heteroatoms. The lowest BCUT2D eigenvalue weighted by molar-refractivity contribution is -0.0300. The summed E-state index contributed by atoms with van der Waals surface area (Å²) in [5.41, 5.74) is 5.23. The van der Waals surface area contributed by atoms with Crippen LogP contribution < -0.4 is 0 Å². The van der Waals surface area contributed by atoms with E-state index in [1.807, 2.05) is 12.4 Å². The molecule has 2 unspecified atom stereocenters. The Bertz CT molecular complexity index is 977. The van der Waals surface area contributed by atoms with Gasteiger partial charge in [-0.2, -0.15) is 0 Å². The number of aromatic nitrogens is 4. The van der Waals surface area contributed by atoms with E-state index in [0.717, 1.165) is 51.4 Å². The van der Waals surface area contributed by atoms with E-state index in [-0.39, 0.29) is 12.2 Å². The minimum atomic E-state index is 0.264. The predicted molar refractivity (Wildman–Crippen MR) is 150 cm³/mol. The normalized spacial score (nSPS) is 13.0. The smallest absolute Gasteiger partial charge is 0.0921 e. The third-order valence-electron chi connectivity index (χ3n) is 7.13. The minimum Gasteiger partial charge on any atom is -0.375 e. The highest BCUT2D eigenvalue weighted by molar-refractivity contribution is 5.15. The standard InChI is InChI=1S/C32H42N4O/c1-3-11-27(12-4-1)15-7-9-17-31(21-19-29-23-33-25-35-29)37-32(22-20-30-24-34-26-36-30)18-10-8-16-28-13-5-2-6-14-28/h1-6,11-14,23-26,31-32H,7-10,15-22H2,(H,33,35)(H,34,36). The molecule has 4 rings (SSSR count). The number of H-pyrrole nitrogens is 2. The minimum absolute atomic E-state index is 0.264. The van der Waals surface area contributed by atoms with Crippen molar-refractivity contribution in [3.63, 3.8) is 0 Å². The van der Waals surface area contributed by atoms with Crippen LogP contribution in [0.15, 0.2) is 85.7 Å². The fraction of sp³-hybridized carbons (Fsp3) is 0.438. The molecule has 0 aliphatic heterocycles. The number of unbranched alkanes of at least 4 members (excludes halogenated alkanes) is 2. The average Bonchev–Trinajstić information content (AvgIpc) is 3.66. The Morgan fingerprint density at radius 2 is 1.00 bits per heavy atom. The van der Waals surface area contributed by atoms with Crippen molar-refractivity contribution in [3.8, 4) is 0 Å². The fourth-order valence-electron chi connectivity index (χ4n) is 5.00. The maximum atomic E-state index is 6.88. The van der Waals surface area contributed by atoms with Crippen LogP contribution in [0.5, 0.6) is 0 Å². The Labute approximate surface area is 222 Å². The van der Waals surface area contributed by atoms with Gasteiger partial charge < -0.3 is 14.7 Å². The second kappa shape index (κ2) is 15.8.